The van der Waals surface area contributed by atoms with E-state index in [1.165, 1.54) is 0 Å². The molecule has 136 valence electrons. The van der Waals surface area contributed by atoms with Crippen molar-refractivity contribution in [2.75, 3.05) is 0 Å². The van der Waals surface area contributed by atoms with Gasteiger partial charge >= 0.3 is 0 Å². The number of benzene rings is 4. The lowest BCUT2D eigenvalue weighted by molar-refractivity contribution is 0.112. The minimum atomic E-state index is -0.616. The van der Waals surface area contributed by atoms with Crippen LogP contribution in [0.2, 0.25) is 0 Å². The maximum atomic E-state index is 11.6. The van der Waals surface area contributed by atoms with Crippen LogP contribution in [0.15, 0.2) is 109 Å². The molecule has 0 aliphatic rings. The number of phenols is 1. The van der Waals surface area contributed by atoms with E-state index in [1.807, 2.05) is 60.7 Å². The van der Waals surface area contributed by atoms with E-state index in [1.54, 1.807) is 12.1 Å². The highest BCUT2D eigenvalue weighted by molar-refractivity contribution is 5.80. The Morgan fingerprint density at radius 3 is 1.39 bits per heavy atom. The highest BCUT2D eigenvalue weighted by atomic mass is 16.3. The predicted molar refractivity (Wildman–Crippen MR) is 112 cm³/mol. The summed E-state index contributed by atoms with van der Waals surface area (Å²) in [7, 11) is 0. The first-order chi connectivity index (χ1) is 13.8. The van der Waals surface area contributed by atoms with E-state index >= 15 is 0 Å². The van der Waals surface area contributed by atoms with E-state index in [2.05, 4.69) is 36.4 Å². The number of hydrogen-bond acceptors (Lipinski definition) is 2. The van der Waals surface area contributed by atoms with Crippen LogP contribution in [-0.2, 0) is 5.41 Å². The first kappa shape index (κ1) is 17.7. The van der Waals surface area contributed by atoms with Crippen LogP contribution in [0, 0.1) is 0 Å². The van der Waals surface area contributed by atoms with Gasteiger partial charge in [-0.25, -0.2) is 0 Å². The minimum absolute atomic E-state index is 0.0122. The summed E-state index contributed by atoms with van der Waals surface area (Å²) in [6, 6.07) is 36.1. The summed E-state index contributed by atoms with van der Waals surface area (Å²) in [6.07, 6.45) is 0.699. The van der Waals surface area contributed by atoms with Crippen LogP contribution >= 0.6 is 0 Å². The number of rotatable bonds is 5. The number of aromatic hydroxyl groups is 1. The molecule has 28 heavy (non-hydrogen) atoms. The molecule has 0 saturated carbocycles. The second-order valence-corrected chi connectivity index (χ2v) is 6.74. The van der Waals surface area contributed by atoms with E-state index in [9.17, 15) is 9.90 Å². The monoisotopic (exact) mass is 364 g/mol. The Labute approximate surface area is 164 Å². The van der Waals surface area contributed by atoms with Gasteiger partial charge in [-0.3, -0.25) is 4.79 Å². The van der Waals surface area contributed by atoms with E-state index in [-0.39, 0.29) is 11.3 Å². The predicted octanol–water partition coefficient (Wildman–Crippen LogP) is 5.59. The van der Waals surface area contributed by atoms with Gasteiger partial charge in [0, 0.05) is 0 Å². The van der Waals surface area contributed by atoms with E-state index < -0.39 is 5.41 Å². The number of hydrogen-bond donors (Lipinski definition) is 1. The first-order valence-corrected chi connectivity index (χ1v) is 9.22. The molecule has 0 spiro atoms. The van der Waals surface area contributed by atoms with Gasteiger partial charge in [0.05, 0.1) is 11.0 Å². The second kappa shape index (κ2) is 7.53. The Morgan fingerprint density at radius 2 is 1.00 bits per heavy atom. The SMILES string of the molecule is O=Cc1cc(C(c2ccccc2)(c2ccccc2)c2ccccc2)ccc1O. The summed E-state index contributed by atoms with van der Waals surface area (Å²) < 4.78 is 0. The third kappa shape index (κ3) is 2.89. The fourth-order valence-corrected chi connectivity index (χ4v) is 3.95. The van der Waals surface area contributed by atoms with Crippen molar-refractivity contribution in [2.45, 2.75) is 5.41 Å². The normalized spacial score (nSPS) is 11.1. The Morgan fingerprint density at radius 1 is 0.571 bits per heavy atom. The maximum absolute atomic E-state index is 11.6. The van der Waals surface area contributed by atoms with Crippen molar-refractivity contribution >= 4 is 6.29 Å². The lowest BCUT2D eigenvalue weighted by atomic mass is 9.65. The highest BCUT2D eigenvalue weighted by Gasteiger charge is 2.38. The van der Waals surface area contributed by atoms with Crippen molar-refractivity contribution in [1.29, 1.82) is 0 Å². The van der Waals surface area contributed by atoms with Gasteiger partial charge in [0.2, 0.25) is 0 Å². The number of phenolic OH excluding ortho intramolecular Hbond substituents is 1. The lowest BCUT2D eigenvalue weighted by Gasteiger charge is -2.37. The molecule has 0 aromatic heterocycles. The molecule has 4 aromatic rings. The first-order valence-electron chi connectivity index (χ1n) is 9.22. The van der Waals surface area contributed by atoms with Gasteiger partial charge in [-0.15, -0.1) is 0 Å². The molecule has 0 heterocycles. The molecule has 0 aliphatic carbocycles. The molecule has 2 nitrogen and oxygen atoms in total. The number of carbonyl (C=O) groups is 1. The molecule has 1 N–H and O–H groups in total. The molecule has 0 amide bonds. The van der Waals surface area contributed by atoms with E-state index in [4.69, 9.17) is 0 Å². The fraction of sp³-hybridized carbons (Fsp3) is 0.0385. The Balaban J connectivity index is 2.15. The Hall–Kier alpha value is -3.65. The summed E-state index contributed by atoms with van der Waals surface area (Å²) in [5.74, 6) is -0.0122. The standard InChI is InChI=1S/C26H20O2/c27-19-20-18-24(16-17-25(20)28)26(21-10-4-1-5-11-21,22-12-6-2-7-13-22)23-14-8-3-9-15-23/h1-19,28H. The third-order valence-corrected chi connectivity index (χ3v) is 5.21. The van der Waals surface area contributed by atoms with Crippen molar-refractivity contribution in [3.05, 3.63) is 137 Å². The molecule has 0 bridgehead atoms. The molecule has 0 radical (unpaired) electrons. The minimum Gasteiger partial charge on any atom is -0.507 e. The number of aldehydes is 1. The molecule has 4 aromatic carbocycles. The average molecular weight is 364 g/mol. The molecule has 0 atom stereocenters. The van der Waals surface area contributed by atoms with Gasteiger partial charge < -0.3 is 5.11 Å². The van der Waals surface area contributed by atoms with Crippen LogP contribution in [0.3, 0.4) is 0 Å². The van der Waals surface area contributed by atoms with Crippen molar-refractivity contribution in [3.63, 3.8) is 0 Å². The van der Waals surface area contributed by atoms with Gasteiger partial charge in [-0.05, 0) is 34.4 Å². The topological polar surface area (TPSA) is 37.3 Å². The molecular formula is C26H20O2. The summed E-state index contributed by atoms with van der Waals surface area (Å²) in [5, 5.41) is 10.1. The van der Waals surface area contributed by atoms with Crippen LogP contribution in [0.4, 0.5) is 0 Å². The lowest BCUT2D eigenvalue weighted by Crippen LogP contribution is -2.31. The zero-order chi connectivity index (χ0) is 19.4. The second-order valence-electron chi connectivity index (χ2n) is 6.74. The molecule has 2 heteroatoms. The zero-order valence-electron chi connectivity index (χ0n) is 15.3. The van der Waals surface area contributed by atoms with E-state index in [0.29, 0.717) is 6.29 Å². The fourth-order valence-electron chi connectivity index (χ4n) is 3.95. The smallest absolute Gasteiger partial charge is 0.153 e. The summed E-state index contributed by atoms with van der Waals surface area (Å²) >= 11 is 0. The number of carbonyl (C=O) groups excluding carboxylic acids is 1. The molecular weight excluding hydrogens is 344 g/mol. The van der Waals surface area contributed by atoms with Crippen LogP contribution in [0.25, 0.3) is 0 Å². The van der Waals surface area contributed by atoms with Crippen LogP contribution in [0.5, 0.6) is 5.75 Å². The van der Waals surface area contributed by atoms with Crippen LogP contribution in [-0.4, -0.2) is 11.4 Å². The Bertz CT molecular complexity index is 975. The summed E-state index contributed by atoms with van der Waals surface area (Å²) in [6.45, 7) is 0. The van der Waals surface area contributed by atoms with Crippen molar-refractivity contribution in [1.82, 2.24) is 0 Å². The quantitative estimate of drug-likeness (QED) is 0.370. The third-order valence-electron chi connectivity index (χ3n) is 5.21. The van der Waals surface area contributed by atoms with Crippen molar-refractivity contribution in [2.24, 2.45) is 0 Å². The van der Waals surface area contributed by atoms with Gasteiger partial charge in [-0.2, -0.15) is 0 Å². The van der Waals surface area contributed by atoms with Crippen molar-refractivity contribution in [3.8, 4) is 5.75 Å². The highest BCUT2D eigenvalue weighted by Crippen LogP contribution is 2.45. The van der Waals surface area contributed by atoms with Crippen LogP contribution in [0.1, 0.15) is 32.6 Å². The molecule has 0 saturated heterocycles. The summed E-state index contributed by atoms with van der Waals surface area (Å²) in [4.78, 5) is 11.6. The molecule has 4 rings (SSSR count). The van der Waals surface area contributed by atoms with E-state index in [0.717, 1.165) is 22.3 Å². The largest absolute Gasteiger partial charge is 0.507 e. The maximum Gasteiger partial charge on any atom is 0.153 e. The zero-order valence-corrected chi connectivity index (χ0v) is 15.3. The Kier molecular flexibility index (Phi) is 4.77. The van der Waals surface area contributed by atoms with Gasteiger partial charge in [-0.1, -0.05) is 97.1 Å². The van der Waals surface area contributed by atoms with Gasteiger partial charge in [0.1, 0.15) is 5.75 Å². The average Bonchev–Trinajstić information content (AvgIpc) is 2.77. The van der Waals surface area contributed by atoms with Gasteiger partial charge in [0.15, 0.2) is 6.29 Å². The van der Waals surface area contributed by atoms with Crippen LogP contribution < -0.4 is 0 Å². The van der Waals surface area contributed by atoms with Crippen molar-refractivity contribution < 1.29 is 9.90 Å². The van der Waals surface area contributed by atoms with Gasteiger partial charge in [0.25, 0.3) is 0 Å². The summed E-state index contributed by atoms with van der Waals surface area (Å²) in [5.41, 5.74) is 3.87. The molecule has 0 aliphatic heterocycles. The molecule has 0 unspecified atom stereocenters. The molecule has 0 fully saturated rings.